The fourth-order valence-corrected chi connectivity index (χ4v) is 3.69. The highest BCUT2D eigenvalue weighted by Crippen LogP contribution is 2.34. The summed E-state index contributed by atoms with van der Waals surface area (Å²) in [5, 5.41) is 5.43. The second-order valence-electron chi connectivity index (χ2n) is 5.34. The summed E-state index contributed by atoms with van der Waals surface area (Å²) in [6.45, 7) is 5.00. The van der Waals surface area contributed by atoms with E-state index < -0.39 is 0 Å². The standard InChI is InChI=1S/C14H16IN5O2/c1-8(21)22-10-5-3-4-9(6-10)20-14-11(12(15)19-20)13(16-2)17-7-18-14/h7,9-10H,2-6H2,1H3. The van der Waals surface area contributed by atoms with Gasteiger partial charge in [-0.2, -0.15) is 5.10 Å². The molecule has 2 aromatic heterocycles. The van der Waals surface area contributed by atoms with Crippen LogP contribution >= 0.6 is 22.6 Å². The molecular weight excluding hydrogens is 397 g/mol. The molecule has 0 spiro atoms. The van der Waals surface area contributed by atoms with Gasteiger partial charge in [0.05, 0.1) is 11.4 Å². The van der Waals surface area contributed by atoms with E-state index >= 15 is 0 Å². The van der Waals surface area contributed by atoms with Crippen LogP contribution in [0.2, 0.25) is 0 Å². The Bertz CT molecular complexity index is 729. The lowest BCUT2D eigenvalue weighted by atomic mass is 9.93. The average molecular weight is 413 g/mol. The van der Waals surface area contributed by atoms with Crippen LogP contribution in [0.25, 0.3) is 11.0 Å². The topological polar surface area (TPSA) is 82.3 Å². The third-order valence-electron chi connectivity index (χ3n) is 3.85. The molecule has 0 radical (unpaired) electrons. The number of carbonyl (C=O) groups is 1. The van der Waals surface area contributed by atoms with Gasteiger partial charge in [0.2, 0.25) is 0 Å². The lowest BCUT2D eigenvalue weighted by Gasteiger charge is -2.28. The summed E-state index contributed by atoms with van der Waals surface area (Å²) < 4.78 is 8.09. The van der Waals surface area contributed by atoms with E-state index in [4.69, 9.17) is 4.74 Å². The SMILES string of the molecule is C=Nc1ncnc2c1c(I)nn2C1CCCC(OC(C)=O)C1. The maximum atomic E-state index is 11.2. The fourth-order valence-electron chi connectivity index (χ4n) is 2.98. The van der Waals surface area contributed by atoms with Crippen molar-refractivity contribution >= 4 is 52.1 Å². The average Bonchev–Trinajstić information content (AvgIpc) is 2.84. The molecule has 0 bridgehead atoms. The molecule has 0 N–H and O–H groups in total. The van der Waals surface area contributed by atoms with Gasteiger partial charge in [0.1, 0.15) is 16.1 Å². The van der Waals surface area contributed by atoms with Crippen LogP contribution in [0.4, 0.5) is 5.82 Å². The van der Waals surface area contributed by atoms with Crippen LogP contribution in [0.1, 0.15) is 38.6 Å². The molecule has 1 saturated carbocycles. The zero-order valence-electron chi connectivity index (χ0n) is 12.2. The molecular formula is C14H16IN5O2. The highest BCUT2D eigenvalue weighted by atomic mass is 127. The molecule has 2 unspecified atom stereocenters. The maximum Gasteiger partial charge on any atom is 0.302 e. The number of nitrogens with zero attached hydrogens (tertiary/aromatic N) is 5. The monoisotopic (exact) mass is 413 g/mol. The minimum absolute atomic E-state index is 0.0491. The quantitative estimate of drug-likeness (QED) is 0.439. The highest BCUT2D eigenvalue weighted by molar-refractivity contribution is 14.1. The first-order valence-corrected chi connectivity index (χ1v) is 8.20. The van der Waals surface area contributed by atoms with Gasteiger partial charge in [-0.05, 0) is 48.6 Å². The molecule has 1 aliphatic carbocycles. The number of fused-ring (bicyclic) bond motifs is 1. The Hall–Kier alpha value is -1.58. The summed E-state index contributed by atoms with van der Waals surface area (Å²) in [6.07, 6.45) is 5.08. The molecule has 1 fully saturated rings. The Kier molecular flexibility index (Phi) is 4.37. The van der Waals surface area contributed by atoms with E-state index in [-0.39, 0.29) is 18.1 Å². The van der Waals surface area contributed by atoms with E-state index in [2.05, 4.69) is 49.4 Å². The third-order valence-corrected chi connectivity index (χ3v) is 4.61. The Morgan fingerprint density at radius 3 is 3.05 bits per heavy atom. The van der Waals surface area contributed by atoms with Crippen molar-refractivity contribution < 1.29 is 9.53 Å². The molecule has 1 aliphatic rings. The lowest BCUT2D eigenvalue weighted by Crippen LogP contribution is -2.27. The van der Waals surface area contributed by atoms with Gasteiger partial charge in [-0.3, -0.25) is 4.79 Å². The van der Waals surface area contributed by atoms with E-state index in [0.29, 0.717) is 5.82 Å². The molecule has 116 valence electrons. The summed E-state index contributed by atoms with van der Waals surface area (Å²) >= 11 is 2.16. The molecule has 2 atom stereocenters. The summed E-state index contributed by atoms with van der Waals surface area (Å²) in [6, 6.07) is 0.164. The van der Waals surface area contributed by atoms with Crippen LogP contribution < -0.4 is 0 Å². The minimum Gasteiger partial charge on any atom is -0.462 e. The number of ether oxygens (including phenoxy) is 1. The number of hydrogen-bond donors (Lipinski definition) is 0. The Balaban J connectivity index is 1.96. The van der Waals surface area contributed by atoms with Gasteiger partial charge in [0.25, 0.3) is 0 Å². The van der Waals surface area contributed by atoms with Crippen molar-refractivity contribution in [2.24, 2.45) is 4.99 Å². The third kappa shape index (κ3) is 2.83. The summed E-state index contributed by atoms with van der Waals surface area (Å²) in [5.41, 5.74) is 0.760. The summed E-state index contributed by atoms with van der Waals surface area (Å²) in [5.74, 6) is 0.319. The zero-order valence-corrected chi connectivity index (χ0v) is 14.4. The summed E-state index contributed by atoms with van der Waals surface area (Å²) in [7, 11) is 0. The number of aliphatic imine (C=N–C) groups is 1. The van der Waals surface area contributed by atoms with Crippen molar-refractivity contribution in [3.63, 3.8) is 0 Å². The lowest BCUT2D eigenvalue weighted by molar-refractivity contribution is -0.148. The van der Waals surface area contributed by atoms with Gasteiger partial charge in [0.15, 0.2) is 11.5 Å². The van der Waals surface area contributed by atoms with Gasteiger partial charge in [-0.15, -0.1) is 0 Å². The first-order valence-electron chi connectivity index (χ1n) is 7.12. The normalized spacial score (nSPS) is 21.7. The molecule has 0 saturated heterocycles. The molecule has 2 heterocycles. The molecule has 3 rings (SSSR count). The van der Waals surface area contributed by atoms with Crippen molar-refractivity contribution in [2.75, 3.05) is 0 Å². The first kappa shape index (κ1) is 15.3. The van der Waals surface area contributed by atoms with Crippen LogP contribution in [0.5, 0.6) is 0 Å². The number of halogens is 1. The van der Waals surface area contributed by atoms with E-state index in [1.165, 1.54) is 13.3 Å². The Morgan fingerprint density at radius 2 is 2.32 bits per heavy atom. The highest BCUT2D eigenvalue weighted by Gasteiger charge is 2.28. The van der Waals surface area contributed by atoms with Crippen LogP contribution in [-0.4, -0.2) is 38.5 Å². The number of carbonyl (C=O) groups excluding carboxylic acids is 1. The number of aromatic nitrogens is 4. The number of esters is 1. The van der Waals surface area contributed by atoms with E-state index in [9.17, 15) is 4.79 Å². The van der Waals surface area contributed by atoms with Crippen molar-refractivity contribution in [3.05, 3.63) is 10.0 Å². The second kappa shape index (κ2) is 6.27. The summed E-state index contributed by atoms with van der Waals surface area (Å²) in [4.78, 5) is 23.6. The van der Waals surface area contributed by atoms with Crippen molar-refractivity contribution in [1.29, 1.82) is 0 Å². The van der Waals surface area contributed by atoms with E-state index in [0.717, 1.165) is 40.4 Å². The predicted molar refractivity (Wildman–Crippen MR) is 90.3 cm³/mol. The van der Waals surface area contributed by atoms with E-state index in [1.54, 1.807) is 0 Å². The second-order valence-corrected chi connectivity index (χ2v) is 6.36. The molecule has 0 aliphatic heterocycles. The smallest absolute Gasteiger partial charge is 0.302 e. The van der Waals surface area contributed by atoms with Gasteiger partial charge >= 0.3 is 5.97 Å². The molecule has 8 heteroatoms. The van der Waals surface area contributed by atoms with Crippen molar-refractivity contribution in [3.8, 4) is 0 Å². The van der Waals surface area contributed by atoms with Gasteiger partial charge in [-0.25, -0.2) is 19.6 Å². The van der Waals surface area contributed by atoms with Crippen LogP contribution in [0.15, 0.2) is 11.3 Å². The molecule has 0 aromatic carbocycles. The van der Waals surface area contributed by atoms with Crippen LogP contribution in [-0.2, 0) is 9.53 Å². The van der Waals surface area contributed by atoms with Crippen LogP contribution in [0, 0.1) is 3.70 Å². The Morgan fingerprint density at radius 1 is 1.50 bits per heavy atom. The first-order chi connectivity index (χ1) is 10.6. The van der Waals surface area contributed by atoms with Gasteiger partial charge in [-0.1, -0.05) is 0 Å². The zero-order chi connectivity index (χ0) is 15.7. The van der Waals surface area contributed by atoms with Gasteiger partial charge in [0, 0.05) is 13.3 Å². The van der Waals surface area contributed by atoms with Gasteiger partial charge < -0.3 is 4.74 Å². The minimum atomic E-state index is -0.231. The molecule has 7 nitrogen and oxygen atoms in total. The van der Waals surface area contributed by atoms with Crippen LogP contribution in [0.3, 0.4) is 0 Å². The molecule has 22 heavy (non-hydrogen) atoms. The number of rotatable bonds is 3. The Labute approximate surface area is 141 Å². The van der Waals surface area contributed by atoms with E-state index in [1.807, 2.05) is 4.68 Å². The molecule has 2 aromatic rings. The van der Waals surface area contributed by atoms with Crippen molar-refractivity contribution in [1.82, 2.24) is 19.7 Å². The predicted octanol–water partition coefficient (Wildman–Crippen LogP) is 2.81. The number of hydrogen-bond acceptors (Lipinski definition) is 6. The molecule has 0 amide bonds. The fraction of sp³-hybridized carbons (Fsp3) is 0.500. The van der Waals surface area contributed by atoms with Crippen molar-refractivity contribution in [2.45, 2.75) is 44.8 Å². The maximum absolute atomic E-state index is 11.2. The largest absolute Gasteiger partial charge is 0.462 e.